The molecule has 26 heavy (non-hydrogen) atoms. The Kier molecular flexibility index (Phi) is 4.09. The monoisotopic (exact) mass is 355 g/mol. The summed E-state index contributed by atoms with van der Waals surface area (Å²) in [6.45, 7) is 1.74. The van der Waals surface area contributed by atoms with Crippen molar-refractivity contribution in [3.63, 3.8) is 0 Å². The molecule has 6 rings (SSSR count). The van der Waals surface area contributed by atoms with E-state index < -0.39 is 5.60 Å². The molecule has 0 amide bonds. The number of aliphatic hydroxyl groups is 1. The van der Waals surface area contributed by atoms with Gasteiger partial charge in [-0.1, -0.05) is 30.3 Å². The second kappa shape index (κ2) is 6.35. The Labute approximate surface area is 155 Å². The topological polar surface area (TPSA) is 58.6 Å². The van der Waals surface area contributed by atoms with Gasteiger partial charge in [-0.25, -0.2) is 0 Å². The number of esters is 1. The Bertz CT molecular complexity index is 669. The molecule has 2 N–H and O–H groups in total. The van der Waals surface area contributed by atoms with Gasteiger partial charge in [-0.2, -0.15) is 0 Å². The molecule has 5 aliphatic rings. The number of carbonyl (C=O) groups excluding carboxylic acids is 1. The van der Waals surface area contributed by atoms with Crippen LogP contribution in [0.1, 0.15) is 44.1 Å². The van der Waals surface area contributed by atoms with Gasteiger partial charge in [-0.15, -0.1) is 0 Å². The zero-order valence-electron chi connectivity index (χ0n) is 15.3. The van der Waals surface area contributed by atoms with Gasteiger partial charge in [0.2, 0.25) is 0 Å². The highest BCUT2D eigenvalue weighted by atomic mass is 16.6. The van der Waals surface area contributed by atoms with Crippen molar-refractivity contribution in [2.45, 2.75) is 50.2 Å². The third-order valence-electron chi connectivity index (χ3n) is 7.65. The number of aliphatic hydroxyl groups excluding tert-OH is 1. The lowest BCUT2D eigenvalue weighted by Gasteiger charge is -2.56. The molecule has 0 radical (unpaired) electrons. The maximum absolute atomic E-state index is 13.4. The van der Waals surface area contributed by atoms with Gasteiger partial charge in [-0.3, -0.25) is 4.79 Å². The first-order valence-electron chi connectivity index (χ1n) is 10.3. The van der Waals surface area contributed by atoms with Gasteiger partial charge in [0, 0.05) is 12.8 Å². The maximum Gasteiger partial charge on any atom is 0.310 e. The molecule has 1 aliphatic heterocycles. The highest BCUT2D eigenvalue weighted by Gasteiger charge is 2.56. The fourth-order valence-corrected chi connectivity index (χ4v) is 6.53. The lowest BCUT2D eigenvalue weighted by atomic mass is 9.50. The van der Waals surface area contributed by atoms with Gasteiger partial charge in [0.15, 0.2) is 0 Å². The van der Waals surface area contributed by atoms with Crippen molar-refractivity contribution in [2.24, 2.45) is 29.6 Å². The molecule has 5 fully saturated rings. The smallest absolute Gasteiger partial charge is 0.310 e. The van der Waals surface area contributed by atoms with E-state index in [9.17, 15) is 9.90 Å². The van der Waals surface area contributed by atoms with Gasteiger partial charge in [0.05, 0.1) is 12.0 Å². The standard InChI is InChI=1S/C22H29NO3/c24-20-16-11-14-10-15(13-16)19(18(20)12-14)21(25)26-22(6-8-23-9-7-22)17-4-2-1-3-5-17/h1-5,14-16,18-20,23-24H,6-13H2. The van der Waals surface area contributed by atoms with E-state index in [1.807, 2.05) is 18.2 Å². The van der Waals surface area contributed by atoms with Crippen LogP contribution in [0.25, 0.3) is 0 Å². The van der Waals surface area contributed by atoms with Gasteiger partial charge in [0.25, 0.3) is 0 Å². The van der Waals surface area contributed by atoms with Crippen molar-refractivity contribution < 1.29 is 14.6 Å². The summed E-state index contributed by atoms with van der Waals surface area (Å²) < 4.78 is 6.35. The molecular formula is C22H29NO3. The second-order valence-corrected chi connectivity index (χ2v) is 9.04. The van der Waals surface area contributed by atoms with Crippen LogP contribution in [0.2, 0.25) is 0 Å². The third kappa shape index (κ3) is 2.61. The fourth-order valence-electron chi connectivity index (χ4n) is 6.53. The van der Waals surface area contributed by atoms with E-state index in [4.69, 9.17) is 4.74 Å². The number of nitrogens with one attached hydrogen (secondary N) is 1. The molecule has 1 heterocycles. The summed E-state index contributed by atoms with van der Waals surface area (Å²) in [5, 5.41) is 14.1. The Morgan fingerprint density at radius 1 is 1.04 bits per heavy atom. The number of hydrogen-bond donors (Lipinski definition) is 2. The molecule has 1 saturated heterocycles. The average Bonchev–Trinajstić information content (AvgIpc) is 2.67. The molecule has 4 bridgehead atoms. The highest BCUT2D eigenvalue weighted by Crippen LogP contribution is 2.57. The van der Waals surface area contributed by atoms with Crippen LogP contribution in [0, 0.1) is 29.6 Å². The highest BCUT2D eigenvalue weighted by molar-refractivity contribution is 5.74. The van der Waals surface area contributed by atoms with Crippen molar-refractivity contribution >= 4 is 5.97 Å². The Hall–Kier alpha value is -1.39. The number of benzene rings is 1. The Morgan fingerprint density at radius 2 is 1.77 bits per heavy atom. The Morgan fingerprint density at radius 3 is 2.54 bits per heavy atom. The first kappa shape index (κ1) is 16.8. The van der Waals surface area contributed by atoms with Gasteiger partial charge >= 0.3 is 5.97 Å². The molecule has 0 aromatic heterocycles. The minimum atomic E-state index is -0.511. The van der Waals surface area contributed by atoms with E-state index in [0.29, 0.717) is 11.8 Å². The zero-order valence-corrected chi connectivity index (χ0v) is 15.3. The first-order chi connectivity index (χ1) is 12.7. The molecule has 4 heteroatoms. The van der Waals surface area contributed by atoms with Crippen molar-refractivity contribution in [1.29, 1.82) is 0 Å². The van der Waals surface area contributed by atoms with Crippen molar-refractivity contribution in [3.8, 4) is 0 Å². The predicted molar refractivity (Wildman–Crippen MR) is 98.2 cm³/mol. The number of rotatable bonds is 3. The van der Waals surface area contributed by atoms with Crippen LogP contribution >= 0.6 is 0 Å². The SMILES string of the molecule is O=C(OC1(c2ccccc2)CCNCC1)C1C2CC3CC(C2)C(O)C1C3. The van der Waals surface area contributed by atoms with Crippen LogP contribution in [0.5, 0.6) is 0 Å². The van der Waals surface area contributed by atoms with E-state index >= 15 is 0 Å². The quantitative estimate of drug-likeness (QED) is 0.819. The lowest BCUT2D eigenvalue weighted by molar-refractivity contribution is -0.194. The molecule has 6 unspecified atom stereocenters. The van der Waals surface area contributed by atoms with Crippen LogP contribution in [-0.2, 0) is 15.1 Å². The summed E-state index contributed by atoms with van der Waals surface area (Å²) in [6, 6.07) is 10.2. The molecule has 1 aromatic carbocycles. The molecule has 4 saturated carbocycles. The van der Waals surface area contributed by atoms with Crippen molar-refractivity contribution in [3.05, 3.63) is 35.9 Å². The molecule has 1 aromatic rings. The van der Waals surface area contributed by atoms with Gasteiger partial charge in [0.1, 0.15) is 5.60 Å². The van der Waals surface area contributed by atoms with Crippen molar-refractivity contribution in [2.75, 3.05) is 13.1 Å². The molecule has 4 nitrogen and oxygen atoms in total. The van der Waals surface area contributed by atoms with Crippen LogP contribution in [0.3, 0.4) is 0 Å². The normalized spacial score (nSPS) is 40.3. The van der Waals surface area contributed by atoms with E-state index in [-0.39, 0.29) is 23.9 Å². The summed E-state index contributed by atoms with van der Waals surface area (Å²) >= 11 is 0. The van der Waals surface area contributed by atoms with E-state index in [0.717, 1.165) is 63.1 Å². The molecule has 6 atom stereocenters. The maximum atomic E-state index is 13.4. The summed E-state index contributed by atoms with van der Waals surface area (Å²) in [4.78, 5) is 13.4. The lowest BCUT2D eigenvalue weighted by Crippen LogP contribution is -2.57. The Balaban J connectivity index is 1.41. The number of piperidine rings is 1. The second-order valence-electron chi connectivity index (χ2n) is 9.04. The summed E-state index contributed by atoms with van der Waals surface area (Å²) in [7, 11) is 0. The first-order valence-corrected chi connectivity index (χ1v) is 10.3. The number of ether oxygens (including phenoxy) is 1. The van der Waals surface area contributed by atoms with E-state index in [1.54, 1.807) is 0 Å². The number of carbonyl (C=O) groups is 1. The zero-order chi connectivity index (χ0) is 17.7. The van der Waals surface area contributed by atoms with Gasteiger partial charge in [-0.05, 0) is 68.0 Å². The molecule has 0 spiro atoms. The van der Waals surface area contributed by atoms with Crippen LogP contribution in [-0.4, -0.2) is 30.3 Å². The average molecular weight is 355 g/mol. The van der Waals surface area contributed by atoms with Gasteiger partial charge < -0.3 is 15.2 Å². The summed E-state index contributed by atoms with van der Waals surface area (Å²) in [6.07, 6.45) is 5.66. The van der Waals surface area contributed by atoms with Crippen LogP contribution in [0.4, 0.5) is 0 Å². The largest absolute Gasteiger partial charge is 0.454 e. The van der Waals surface area contributed by atoms with E-state index in [2.05, 4.69) is 17.4 Å². The van der Waals surface area contributed by atoms with Crippen molar-refractivity contribution in [1.82, 2.24) is 5.32 Å². The number of hydrogen-bond acceptors (Lipinski definition) is 4. The predicted octanol–water partition coefficient (Wildman–Crippen LogP) is 2.85. The minimum Gasteiger partial charge on any atom is -0.454 e. The minimum absolute atomic E-state index is 0.0522. The molecule has 140 valence electrons. The molecular weight excluding hydrogens is 326 g/mol. The van der Waals surface area contributed by atoms with Crippen LogP contribution in [0.15, 0.2) is 30.3 Å². The summed E-state index contributed by atoms with van der Waals surface area (Å²) in [5.74, 6) is 1.52. The van der Waals surface area contributed by atoms with E-state index in [1.165, 1.54) is 0 Å². The van der Waals surface area contributed by atoms with Crippen LogP contribution < -0.4 is 5.32 Å². The summed E-state index contributed by atoms with van der Waals surface area (Å²) in [5.41, 5.74) is 0.600. The fraction of sp³-hybridized carbons (Fsp3) is 0.682. The third-order valence-corrected chi connectivity index (χ3v) is 7.65. The molecule has 4 aliphatic carbocycles.